The fraction of sp³-hybridized carbons (Fsp3) is 0.438. The molecule has 0 bridgehead atoms. The molecule has 0 fully saturated rings. The molecule has 1 unspecified atom stereocenters. The van der Waals surface area contributed by atoms with Crippen LogP contribution in [0.2, 0.25) is 5.02 Å². The Hall–Kier alpha value is -1.32. The SMILES string of the molecule is CCCn1ncc(Cl)c1C(NC)c1ccc(C)cc1C. The van der Waals surface area contributed by atoms with Gasteiger partial charge in [0, 0.05) is 6.54 Å². The van der Waals surface area contributed by atoms with Crippen LogP contribution in [0.4, 0.5) is 0 Å². The van der Waals surface area contributed by atoms with Crippen molar-refractivity contribution in [3.05, 3.63) is 51.8 Å². The second-order valence-electron chi connectivity index (χ2n) is 5.18. The Morgan fingerprint density at radius 2 is 2.10 bits per heavy atom. The van der Waals surface area contributed by atoms with Crippen LogP contribution in [0, 0.1) is 13.8 Å². The zero-order valence-corrected chi connectivity index (χ0v) is 13.3. The highest BCUT2D eigenvalue weighted by Gasteiger charge is 2.21. The van der Waals surface area contributed by atoms with Gasteiger partial charge in [0.1, 0.15) is 0 Å². The molecule has 1 aromatic carbocycles. The van der Waals surface area contributed by atoms with Gasteiger partial charge in [0.05, 0.1) is 23.0 Å². The first-order valence-corrected chi connectivity index (χ1v) is 7.41. The van der Waals surface area contributed by atoms with E-state index in [9.17, 15) is 0 Å². The first kappa shape index (κ1) is 15.1. The molecule has 0 saturated heterocycles. The van der Waals surface area contributed by atoms with Crippen molar-refractivity contribution in [2.45, 2.75) is 39.8 Å². The number of rotatable bonds is 5. The average Bonchev–Trinajstić information content (AvgIpc) is 2.75. The molecule has 3 nitrogen and oxygen atoms in total. The Balaban J connectivity index is 2.49. The fourth-order valence-corrected chi connectivity index (χ4v) is 2.89. The summed E-state index contributed by atoms with van der Waals surface area (Å²) in [5, 5.41) is 8.49. The molecule has 0 amide bonds. The van der Waals surface area contributed by atoms with E-state index in [-0.39, 0.29) is 6.04 Å². The second-order valence-corrected chi connectivity index (χ2v) is 5.59. The van der Waals surface area contributed by atoms with Crippen LogP contribution in [-0.2, 0) is 6.54 Å². The molecule has 0 aliphatic rings. The van der Waals surface area contributed by atoms with Crippen molar-refractivity contribution in [1.29, 1.82) is 0 Å². The predicted molar refractivity (Wildman–Crippen MR) is 84.3 cm³/mol. The minimum Gasteiger partial charge on any atom is -0.308 e. The molecular weight excluding hydrogens is 270 g/mol. The van der Waals surface area contributed by atoms with Gasteiger partial charge in [-0.15, -0.1) is 0 Å². The molecule has 108 valence electrons. The average molecular weight is 292 g/mol. The maximum atomic E-state index is 6.36. The van der Waals surface area contributed by atoms with Gasteiger partial charge in [-0.2, -0.15) is 5.10 Å². The highest BCUT2D eigenvalue weighted by atomic mass is 35.5. The Bertz CT molecular complexity index is 589. The van der Waals surface area contributed by atoms with Gasteiger partial charge in [-0.1, -0.05) is 42.3 Å². The number of hydrogen-bond acceptors (Lipinski definition) is 2. The normalized spacial score (nSPS) is 12.7. The Morgan fingerprint density at radius 1 is 1.35 bits per heavy atom. The molecule has 20 heavy (non-hydrogen) atoms. The lowest BCUT2D eigenvalue weighted by Crippen LogP contribution is -2.23. The van der Waals surface area contributed by atoms with Crippen molar-refractivity contribution in [1.82, 2.24) is 15.1 Å². The number of nitrogens with one attached hydrogen (secondary N) is 1. The van der Waals surface area contributed by atoms with Crippen LogP contribution in [0.5, 0.6) is 0 Å². The molecule has 2 rings (SSSR count). The lowest BCUT2D eigenvalue weighted by Gasteiger charge is -2.21. The maximum absolute atomic E-state index is 6.36. The molecule has 0 spiro atoms. The molecule has 0 radical (unpaired) electrons. The summed E-state index contributed by atoms with van der Waals surface area (Å²) in [5.41, 5.74) is 4.83. The van der Waals surface area contributed by atoms with Crippen molar-refractivity contribution < 1.29 is 0 Å². The molecule has 1 atom stereocenters. The number of halogens is 1. The summed E-state index contributed by atoms with van der Waals surface area (Å²) < 4.78 is 2.00. The van der Waals surface area contributed by atoms with E-state index in [4.69, 9.17) is 11.6 Å². The minimum atomic E-state index is 0.0668. The van der Waals surface area contributed by atoms with E-state index >= 15 is 0 Å². The van der Waals surface area contributed by atoms with Gasteiger partial charge in [-0.3, -0.25) is 4.68 Å². The predicted octanol–water partition coefficient (Wildman–Crippen LogP) is 3.87. The lowest BCUT2D eigenvalue weighted by atomic mass is 9.97. The van der Waals surface area contributed by atoms with Crippen molar-refractivity contribution in [3.63, 3.8) is 0 Å². The van der Waals surface area contributed by atoms with Crippen LogP contribution in [0.25, 0.3) is 0 Å². The van der Waals surface area contributed by atoms with Gasteiger partial charge in [-0.25, -0.2) is 0 Å². The summed E-state index contributed by atoms with van der Waals surface area (Å²) in [5.74, 6) is 0. The zero-order valence-electron chi connectivity index (χ0n) is 12.6. The van der Waals surface area contributed by atoms with Crippen LogP contribution in [0.15, 0.2) is 24.4 Å². The van der Waals surface area contributed by atoms with Crippen molar-refractivity contribution in [2.75, 3.05) is 7.05 Å². The number of hydrogen-bond donors (Lipinski definition) is 1. The van der Waals surface area contributed by atoms with E-state index in [1.807, 2.05) is 11.7 Å². The monoisotopic (exact) mass is 291 g/mol. The van der Waals surface area contributed by atoms with E-state index in [1.165, 1.54) is 16.7 Å². The van der Waals surface area contributed by atoms with Gasteiger partial charge in [0.15, 0.2) is 0 Å². The number of benzene rings is 1. The number of aryl methyl sites for hydroxylation is 3. The zero-order chi connectivity index (χ0) is 14.7. The summed E-state index contributed by atoms with van der Waals surface area (Å²) in [6, 6.07) is 6.58. The number of nitrogens with zero attached hydrogens (tertiary/aromatic N) is 2. The van der Waals surface area contributed by atoms with E-state index < -0.39 is 0 Å². The maximum Gasteiger partial charge on any atom is 0.0837 e. The van der Waals surface area contributed by atoms with Crippen LogP contribution in [-0.4, -0.2) is 16.8 Å². The molecule has 1 heterocycles. The van der Waals surface area contributed by atoms with Crippen LogP contribution < -0.4 is 5.32 Å². The third kappa shape index (κ3) is 2.89. The fourth-order valence-electron chi connectivity index (χ4n) is 2.64. The molecule has 0 aliphatic heterocycles. The topological polar surface area (TPSA) is 29.9 Å². The quantitative estimate of drug-likeness (QED) is 0.906. The number of aromatic nitrogens is 2. The highest BCUT2D eigenvalue weighted by molar-refractivity contribution is 6.31. The van der Waals surface area contributed by atoms with Crippen LogP contribution in [0.1, 0.15) is 41.8 Å². The van der Waals surface area contributed by atoms with Gasteiger partial charge in [0.25, 0.3) is 0 Å². The van der Waals surface area contributed by atoms with Gasteiger partial charge < -0.3 is 5.32 Å². The van der Waals surface area contributed by atoms with E-state index in [0.717, 1.165) is 23.7 Å². The smallest absolute Gasteiger partial charge is 0.0837 e. The van der Waals surface area contributed by atoms with E-state index in [1.54, 1.807) is 6.20 Å². The second kappa shape index (κ2) is 6.42. The van der Waals surface area contributed by atoms with Crippen molar-refractivity contribution in [2.24, 2.45) is 0 Å². The Kier molecular flexibility index (Phi) is 4.84. The standard InChI is InChI=1S/C16H22ClN3/c1-5-8-20-16(14(17)10-19-20)15(18-4)13-7-6-11(2)9-12(13)3/h6-7,9-10,15,18H,5,8H2,1-4H3. The Labute approximate surface area is 126 Å². The molecular formula is C16H22ClN3. The van der Waals surface area contributed by atoms with Crippen molar-refractivity contribution >= 4 is 11.6 Å². The summed E-state index contributed by atoms with van der Waals surface area (Å²) in [6.07, 6.45) is 2.77. The summed E-state index contributed by atoms with van der Waals surface area (Å²) in [7, 11) is 1.96. The summed E-state index contributed by atoms with van der Waals surface area (Å²) in [6.45, 7) is 7.27. The van der Waals surface area contributed by atoms with Crippen LogP contribution >= 0.6 is 11.6 Å². The third-order valence-electron chi connectivity index (χ3n) is 3.57. The van der Waals surface area contributed by atoms with E-state index in [0.29, 0.717) is 0 Å². The molecule has 4 heteroatoms. The summed E-state index contributed by atoms with van der Waals surface area (Å²) in [4.78, 5) is 0. The minimum absolute atomic E-state index is 0.0668. The molecule has 0 saturated carbocycles. The first-order chi connectivity index (χ1) is 9.58. The van der Waals surface area contributed by atoms with Gasteiger partial charge in [0.2, 0.25) is 0 Å². The highest BCUT2D eigenvalue weighted by Crippen LogP contribution is 2.30. The lowest BCUT2D eigenvalue weighted by molar-refractivity contribution is 0.534. The van der Waals surface area contributed by atoms with Crippen molar-refractivity contribution in [3.8, 4) is 0 Å². The first-order valence-electron chi connectivity index (χ1n) is 7.04. The Morgan fingerprint density at radius 3 is 2.70 bits per heavy atom. The molecule has 1 N–H and O–H groups in total. The molecule has 1 aromatic heterocycles. The van der Waals surface area contributed by atoms with Gasteiger partial charge >= 0.3 is 0 Å². The molecule has 2 aromatic rings. The van der Waals surface area contributed by atoms with E-state index in [2.05, 4.69) is 49.4 Å². The third-order valence-corrected chi connectivity index (χ3v) is 3.86. The largest absolute Gasteiger partial charge is 0.308 e. The summed E-state index contributed by atoms with van der Waals surface area (Å²) >= 11 is 6.36. The van der Waals surface area contributed by atoms with Crippen LogP contribution in [0.3, 0.4) is 0 Å². The molecule has 0 aliphatic carbocycles. The van der Waals surface area contributed by atoms with Gasteiger partial charge in [-0.05, 0) is 38.4 Å².